The maximum absolute atomic E-state index is 12.4. The Labute approximate surface area is 127 Å². The van der Waals surface area contributed by atoms with Gasteiger partial charge in [0.05, 0.1) is 0 Å². The summed E-state index contributed by atoms with van der Waals surface area (Å²) in [5.41, 5.74) is -0.259. The average Bonchev–Trinajstić information content (AvgIpc) is 2.87. The second-order valence-electron chi connectivity index (χ2n) is 7.38. The molecule has 5 nitrogen and oxygen atoms in total. The number of rotatable bonds is 2. The second-order valence-corrected chi connectivity index (χ2v) is 7.38. The quantitative estimate of drug-likeness (QED) is 0.822. The third-order valence-electron chi connectivity index (χ3n) is 4.25. The summed E-state index contributed by atoms with van der Waals surface area (Å²) in [5.74, 6) is -0.0289. The molecule has 0 bridgehead atoms. The zero-order chi connectivity index (χ0) is 15.5. The summed E-state index contributed by atoms with van der Waals surface area (Å²) in [4.78, 5) is 26.5. The van der Waals surface area contributed by atoms with Gasteiger partial charge in [-0.1, -0.05) is 19.3 Å². The lowest BCUT2D eigenvalue weighted by Gasteiger charge is -2.30. The summed E-state index contributed by atoms with van der Waals surface area (Å²) in [6.07, 6.45) is 7.46. The van der Waals surface area contributed by atoms with E-state index in [0.29, 0.717) is 6.54 Å². The zero-order valence-corrected chi connectivity index (χ0v) is 13.6. The fourth-order valence-electron chi connectivity index (χ4n) is 3.24. The van der Waals surface area contributed by atoms with E-state index >= 15 is 0 Å². The van der Waals surface area contributed by atoms with E-state index in [1.165, 1.54) is 19.3 Å². The molecular formula is C16H29N3O2. The van der Waals surface area contributed by atoms with E-state index in [-0.39, 0.29) is 29.6 Å². The Morgan fingerprint density at radius 1 is 1.00 bits per heavy atom. The number of carbonyl (C=O) groups excluding carboxylic acids is 2. The SMILES string of the molecule is CC(C)(C)NC(=O)[C@H]1CCCN1C(=O)NC1CCCCC1. The highest BCUT2D eigenvalue weighted by Crippen LogP contribution is 2.21. The molecule has 0 aromatic heterocycles. The Morgan fingerprint density at radius 2 is 1.67 bits per heavy atom. The molecule has 1 saturated carbocycles. The van der Waals surface area contributed by atoms with Gasteiger partial charge in [0.25, 0.3) is 0 Å². The van der Waals surface area contributed by atoms with Gasteiger partial charge in [0.1, 0.15) is 6.04 Å². The van der Waals surface area contributed by atoms with Gasteiger partial charge in [0.2, 0.25) is 5.91 Å². The minimum Gasteiger partial charge on any atom is -0.350 e. The molecule has 2 aliphatic rings. The molecule has 2 N–H and O–H groups in total. The van der Waals surface area contributed by atoms with Gasteiger partial charge in [0.15, 0.2) is 0 Å². The van der Waals surface area contributed by atoms with E-state index in [0.717, 1.165) is 25.7 Å². The predicted octanol–water partition coefficient (Wildman–Crippen LogP) is 2.41. The van der Waals surface area contributed by atoms with Crippen LogP contribution in [0.15, 0.2) is 0 Å². The van der Waals surface area contributed by atoms with Gasteiger partial charge in [-0.2, -0.15) is 0 Å². The van der Waals surface area contributed by atoms with Gasteiger partial charge >= 0.3 is 6.03 Å². The van der Waals surface area contributed by atoms with Crippen molar-refractivity contribution < 1.29 is 9.59 Å². The fourth-order valence-corrected chi connectivity index (χ4v) is 3.24. The van der Waals surface area contributed by atoms with Crippen LogP contribution in [0.4, 0.5) is 4.79 Å². The van der Waals surface area contributed by atoms with Crippen LogP contribution in [0, 0.1) is 0 Å². The van der Waals surface area contributed by atoms with Crippen molar-refractivity contribution in [3.05, 3.63) is 0 Å². The zero-order valence-electron chi connectivity index (χ0n) is 13.6. The number of nitrogens with one attached hydrogen (secondary N) is 2. The number of urea groups is 1. The maximum atomic E-state index is 12.4. The first kappa shape index (κ1) is 16.1. The topological polar surface area (TPSA) is 61.4 Å². The maximum Gasteiger partial charge on any atom is 0.318 e. The Balaban J connectivity index is 1.91. The highest BCUT2D eigenvalue weighted by molar-refractivity contribution is 5.88. The van der Waals surface area contributed by atoms with Crippen LogP contribution in [0.2, 0.25) is 0 Å². The number of hydrogen-bond acceptors (Lipinski definition) is 2. The van der Waals surface area contributed by atoms with Gasteiger partial charge in [0, 0.05) is 18.1 Å². The summed E-state index contributed by atoms with van der Waals surface area (Å²) in [5, 5.41) is 6.10. The van der Waals surface area contributed by atoms with E-state index in [9.17, 15) is 9.59 Å². The molecule has 2 rings (SSSR count). The summed E-state index contributed by atoms with van der Waals surface area (Å²) in [6, 6.07) is -0.0838. The molecule has 1 heterocycles. The molecule has 0 unspecified atom stereocenters. The number of nitrogens with zero attached hydrogens (tertiary/aromatic N) is 1. The molecule has 0 aromatic rings. The first-order chi connectivity index (χ1) is 9.87. The molecular weight excluding hydrogens is 266 g/mol. The molecule has 2 fully saturated rings. The monoisotopic (exact) mass is 295 g/mol. The Kier molecular flexibility index (Phi) is 5.12. The van der Waals surface area contributed by atoms with Crippen LogP contribution in [-0.4, -0.2) is 41.0 Å². The van der Waals surface area contributed by atoms with Crippen LogP contribution >= 0.6 is 0 Å². The van der Waals surface area contributed by atoms with Gasteiger partial charge in [-0.25, -0.2) is 4.79 Å². The molecule has 5 heteroatoms. The Hall–Kier alpha value is -1.26. The largest absolute Gasteiger partial charge is 0.350 e. The summed E-state index contributed by atoms with van der Waals surface area (Å²) >= 11 is 0. The highest BCUT2D eigenvalue weighted by Gasteiger charge is 2.36. The lowest BCUT2D eigenvalue weighted by Crippen LogP contribution is -2.54. The first-order valence-corrected chi connectivity index (χ1v) is 8.26. The van der Waals surface area contributed by atoms with Crippen molar-refractivity contribution in [3.8, 4) is 0 Å². The Bertz CT molecular complexity index is 383. The minimum atomic E-state index is -0.312. The predicted molar refractivity (Wildman–Crippen MR) is 83.0 cm³/mol. The summed E-state index contributed by atoms with van der Waals surface area (Å²) < 4.78 is 0. The van der Waals surface area contributed by atoms with Crippen LogP contribution in [0.25, 0.3) is 0 Å². The summed E-state index contributed by atoms with van der Waals surface area (Å²) in [7, 11) is 0. The van der Waals surface area contributed by atoms with Gasteiger partial charge in [-0.3, -0.25) is 4.79 Å². The van der Waals surface area contributed by atoms with E-state index in [1.807, 2.05) is 20.8 Å². The summed E-state index contributed by atoms with van der Waals surface area (Å²) in [6.45, 7) is 6.58. The molecule has 3 amide bonds. The van der Waals surface area contributed by atoms with Crippen molar-refractivity contribution in [2.75, 3.05) is 6.54 Å². The molecule has 1 atom stereocenters. The number of hydrogen-bond donors (Lipinski definition) is 2. The van der Waals surface area contributed by atoms with Crippen LogP contribution in [0.1, 0.15) is 65.7 Å². The van der Waals surface area contributed by atoms with Crippen molar-refractivity contribution in [2.45, 2.75) is 83.3 Å². The molecule has 0 aromatic carbocycles. The van der Waals surface area contributed by atoms with Crippen LogP contribution in [0.3, 0.4) is 0 Å². The lowest BCUT2D eigenvalue weighted by atomic mass is 9.96. The number of amides is 3. The fraction of sp³-hybridized carbons (Fsp3) is 0.875. The smallest absolute Gasteiger partial charge is 0.318 e. The third kappa shape index (κ3) is 4.61. The van der Waals surface area contributed by atoms with Crippen LogP contribution in [-0.2, 0) is 4.79 Å². The van der Waals surface area contributed by atoms with Crippen LogP contribution < -0.4 is 10.6 Å². The molecule has 0 radical (unpaired) electrons. The van der Waals surface area contributed by atoms with Crippen molar-refractivity contribution in [1.82, 2.24) is 15.5 Å². The standard InChI is InChI=1S/C16H29N3O2/c1-16(2,3)18-14(20)13-10-7-11-19(13)15(21)17-12-8-5-4-6-9-12/h12-13H,4-11H2,1-3H3,(H,17,21)(H,18,20)/t13-/m1/s1. The van der Waals surface area contributed by atoms with Crippen molar-refractivity contribution >= 4 is 11.9 Å². The van der Waals surface area contributed by atoms with Gasteiger partial charge < -0.3 is 15.5 Å². The normalized spacial score (nSPS) is 24.0. The van der Waals surface area contributed by atoms with Crippen molar-refractivity contribution in [2.24, 2.45) is 0 Å². The molecule has 0 spiro atoms. The van der Waals surface area contributed by atoms with Gasteiger partial charge in [-0.15, -0.1) is 0 Å². The number of carbonyl (C=O) groups is 2. The molecule has 1 aliphatic carbocycles. The molecule has 1 aliphatic heterocycles. The van der Waals surface area contributed by atoms with Crippen molar-refractivity contribution in [3.63, 3.8) is 0 Å². The molecule has 1 saturated heterocycles. The van der Waals surface area contributed by atoms with E-state index < -0.39 is 0 Å². The highest BCUT2D eigenvalue weighted by atomic mass is 16.2. The van der Waals surface area contributed by atoms with Crippen molar-refractivity contribution in [1.29, 1.82) is 0 Å². The number of likely N-dealkylation sites (tertiary alicyclic amines) is 1. The third-order valence-corrected chi connectivity index (χ3v) is 4.25. The average molecular weight is 295 g/mol. The van der Waals surface area contributed by atoms with E-state index in [2.05, 4.69) is 10.6 Å². The van der Waals surface area contributed by atoms with E-state index in [1.54, 1.807) is 4.90 Å². The lowest BCUT2D eigenvalue weighted by molar-refractivity contribution is -0.126. The Morgan fingerprint density at radius 3 is 2.29 bits per heavy atom. The van der Waals surface area contributed by atoms with Gasteiger partial charge in [-0.05, 0) is 46.5 Å². The van der Waals surface area contributed by atoms with Crippen LogP contribution in [0.5, 0.6) is 0 Å². The van der Waals surface area contributed by atoms with E-state index in [4.69, 9.17) is 0 Å². The molecule has 21 heavy (non-hydrogen) atoms. The molecule has 120 valence electrons. The first-order valence-electron chi connectivity index (χ1n) is 8.26. The second kappa shape index (κ2) is 6.67. The minimum absolute atomic E-state index is 0.0289.